The van der Waals surface area contributed by atoms with E-state index in [1.807, 2.05) is 30.3 Å². The number of ether oxygens (including phenoxy) is 2. The molecule has 0 aromatic heterocycles. The molecule has 0 bridgehead atoms. The quantitative estimate of drug-likeness (QED) is 0.432. The van der Waals surface area contributed by atoms with Gasteiger partial charge in [0.05, 0.1) is 11.1 Å². The first-order valence-electron chi connectivity index (χ1n) is 10.7. The lowest BCUT2D eigenvalue weighted by Gasteiger charge is -2.31. The third-order valence-corrected chi connectivity index (χ3v) is 6.91. The van der Waals surface area contributed by atoms with Crippen molar-refractivity contribution in [2.24, 2.45) is 17.8 Å². The number of amides is 1. The summed E-state index contributed by atoms with van der Waals surface area (Å²) in [5.41, 5.74) is 0.986. The molecule has 2 atom stereocenters. The molecule has 0 N–H and O–H groups in total. The predicted molar refractivity (Wildman–Crippen MR) is 117 cm³/mol. The minimum Gasteiger partial charge on any atom is -0.490 e. The predicted octanol–water partition coefficient (Wildman–Crippen LogP) is 6.18. The van der Waals surface area contributed by atoms with Gasteiger partial charge in [-0.3, -0.25) is 0 Å². The SMILES string of the molecule is O=C(OCc1ccccc1)N1CCC([C@H]2CC2CCOc2cc(F)c(Br)cc2F)CC1. The van der Waals surface area contributed by atoms with Crippen molar-refractivity contribution < 1.29 is 23.0 Å². The van der Waals surface area contributed by atoms with Gasteiger partial charge < -0.3 is 14.4 Å². The van der Waals surface area contributed by atoms with Crippen molar-refractivity contribution in [1.29, 1.82) is 0 Å². The van der Waals surface area contributed by atoms with Gasteiger partial charge in [-0.2, -0.15) is 0 Å². The van der Waals surface area contributed by atoms with Crippen LogP contribution >= 0.6 is 15.9 Å². The number of rotatable bonds is 7. The van der Waals surface area contributed by atoms with Crippen molar-refractivity contribution in [2.45, 2.75) is 32.3 Å². The molecule has 2 aromatic rings. The van der Waals surface area contributed by atoms with E-state index in [-0.39, 0.29) is 16.3 Å². The second-order valence-electron chi connectivity index (χ2n) is 8.36. The van der Waals surface area contributed by atoms with Crippen LogP contribution in [0.25, 0.3) is 0 Å². The first-order valence-corrected chi connectivity index (χ1v) is 11.5. The monoisotopic (exact) mass is 493 g/mol. The normalized spacial score (nSPS) is 21.1. The summed E-state index contributed by atoms with van der Waals surface area (Å²) in [5.74, 6) is 0.662. The summed E-state index contributed by atoms with van der Waals surface area (Å²) in [6.07, 6.45) is 3.70. The van der Waals surface area contributed by atoms with Crippen LogP contribution < -0.4 is 4.74 Å². The highest BCUT2D eigenvalue weighted by Gasteiger charge is 2.43. The van der Waals surface area contributed by atoms with Gasteiger partial charge in [0.25, 0.3) is 0 Å². The van der Waals surface area contributed by atoms with Gasteiger partial charge in [0, 0.05) is 19.2 Å². The molecule has 166 valence electrons. The zero-order valence-corrected chi connectivity index (χ0v) is 18.8. The summed E-state index contributed by atoms with van der Waals surface area (Å²) in [4.78, 5) is 14.1. The summed E-state index contributed by atoms with van der Waals surface area (Å²) in [6.45, 7) is 2.12. The van der Waals surface area contributed by atoms with Crippen molar-refractivity contribution in [3.05, 3.63) is 64.1 Å². The first-order chi connectivity index (χ1) is 15.0. The number of benzene rings is 2. The molecule has 4 nitrogen and oxygen atoms in total. The zero-order valence-electron chi connectivity index (χ0n) is 17.2. The lowest BCUT2D eigenvalue weighted by Crippen LogP contribution is -2.39. The van der Waals surface area contributed by atoms with Crippen molar-refractivity contribution in [1.82, 2.24) is 4.90 Å². The lowest BCUT2D eigenvalue weighted by molar-refractivity contribution is 0.0796. The van der Waals surface area contributed by atoms with Gasteiger partial charge in [-0.1, -0.05) is 30.3 Å². The summed E-state index contributed by atoms with van der Waals surface area (Å²) < 4.78 is 38.4. The van der Waals surface area contributed by atoms with Gasteiger partial charge in [0.15, 0.2) is 11.6 Å². The van der Waals surface area contributed by atoms with Crippen LogP contribution in [-0.4, -0.2) is 30.7 Å². The molecule has 1 aliphatic heterocycles. The van der Waals surface area contributed by atoms with Crippen molar-refractivity contribution in [3.63, 3.8) is 0 Å². The maximum atomic E-state index is 13.8. The van der Waals surface area contributed by atoms with Crippen LogP contribution in [0, 0.1) is 29.4 Å². The smallest absolute Gasteiger partial charge is 0.410 e. The second kappa shape index (κ2) is 9.98. The van der Waals surface area contributed by atoms with Gasteiger partial charge in [-0.15, -0.1) is 0 Å². The molecule has 1 unspecified atom stereocenters. The molecule has 1 heterocycles. The van der Waals surface area contributed by atoms with E-state index in [1.54, 1.807) is 4.90 Å². The van der Waals surface area contributed by atoms with Crippen LogP contribution in [0.1, 0.15) is 31.2 Å². The molecule has 2 aromatic carbocycles. The highest BCUT2D eigenvalue weighted by atomic mass is 79.9. The van der Waals surface area contributed by atoms with Gasteiger partial charge in [0.2, 0.25) is 0 Å². The fourth-order valence-electron chi connectivity index (χ4n) is 4.44. The Bertz CT molecular complexity index is 903. The van der Waals surface area contributed by atoms with Crippen LogP contribution in [-0.2, 0) is 11.3 Å². The number of carbonyl (C=O) groups excluding carboxylic acids is 1. The Balaban J connectivity index is 1.15. The Hall–Kier alpha value is -2.15. The maximum absolute atomic E-state index is 13.8. The molecule has 0 spiro atoms. The van der Waals surface area contributed by atoms with Crippen LogP contribution in [0.2, 0.25) is 0 Å². The van der Waals surface area contributed by atoms with Gasteiger partial charge in [-0.05, 0) is 71.0 Å². The zero-order chi connectivity index (χ0) is 21.8. The molecule has 31 heavy (non-hydrogen) atoms. The third-order valence-electron chi connectivity index (χ3n) is 6.31. The molecule has 2 fully saturated rings. The molecule has 1 amide bonds. The minimum absolute atomic E-state index is 0.0415. The standard InChI is InChI=1S/C24H26BrF2NO3/c25-20-13-22(27)23(14-21(20)26)30-11-8-18-12-19(18)17-6-9-28(10-7-17)24(29)31-15-16-4-2-1-3-5-16/h1-5,13-14,17-19H,6-12,15H2/t18?,19-/m1/s1. The van der Waals surface area contributed by atoms with E-state index in [9.17, 15) is 13.6 Å². The van der Waals surface area contributed by atoms with Crippen LogP contribution in [0.3, 0.4) is 0 Å². The van der Waals surface area contributed by atoms with Gasteiger partial charge >= 0.3 is 6.09 Å². The Morgan fingerprint density at radius 1 is 1.10 bits per heavy atom. The number of piperidine rings is 1. The van der Waals surface area contributed by atoms with Crippen molar-refractivity contribution in [3.8, 4) is 5.75 Å². The molecule has 2 aliphatic rings. The molecular formula is C24H26BrF2NO3. The molecule has 4 rings (SSSR count). The minimum atomic E-state index is -0.563. The number of halogens is 3. The summed E-state index contributed by atoms with van der Waals surface area (Å²) in [7, 11) is 0. The Labute approximate surface area is 189 Å². The number of hydrogen-bond acceptors (Lipinski definition) is 3. The van der Waals surface area contributed by atoms with E-state index < -0.39 is 11.6 Å². The Kier molecular flexibility index (Phi) is 7.10. The second-order valence-corrected chi connectivity index (χ2v) is 9.21. The summed E-state index contributed by atoms with van der Waals surface area (Å²) in [5, 5.41) is 0. The van der Waals surface area contributed by atoms with E-state index >= 15 is 0 Å². The number of nitrogens with zero attached hydrogens (tertiary/aromatic N) is 1. The highest BCUT2D eigenvalue weighted by Crippen LogP contribution is 2.49. The van der Waals surface area contributed by atoms with E-state index in [4.69, 9.17) is 9.47 Å². The van der Waals surface area contributed by atoms with Gasteiger partial charge in [0.1, 0.15) is 12.4 Å². The fraction of sp³-hybridized carbons (Fsp3) is 0.458. The fourth-order valence-corrected chi connectivity index (χ4v) is 4.75. The maximum Gasteiger partial charge on any atom is 0.410 e. The summed E-state index contributed by atoms with van der Waals surface area (Å²) >= 11 is 2.96. The largest absolute Gasteiger partial charge is 0.490 e. The Morgan fingerprint density at radius 2 is 1.84 bits per heavy atom. The third kappa shape index (κ3) is 5.76. The van der Waals surface area contributed by atoms with E-state index in [0.717, 1.165) is 56.5 Å². The van der Waals surface area contributed by atoms with Crippen LogP contribution in [0.5, 0.6) is 5.75 Å². The molecule has 1 saturated carbocycles. The van der Waals surface area contributed by atoms with E-state index in [1.165, 1.54) is 0 Å². The average molecular weight is 494 g/mol. The van der Waals surface area contributed by atoms with E-state index in [2.05, 4.69) is 15.9 Å². The molecule has 7 heteroatoms. The number of hydrogen-bond donors (Lipinski definition) is 0. The van der Waals surface area contributed by atoms with Crippen LogP contribution in [0.15, 0.2) is 46.9 Å². The van der Waals surface area contributed by atoms with Crippen molar-refractivity contribution >= 4 is 22.0 Å². The summed E-state index contributed by atoms with van der Waals surface area (Å²) in [6, 6.07) is 11.8. The Morgan fingerprint density at radius 3 is 2.58 bits per heavy atom. The number of carbonyl (C=O) groups is 1. The van der Waals surface area contributed by atoms with Crippen molar-refractivity contribution in [2.75, 3.05) is 19.7 Å². The first kappa shape index (κ1) is 22.1. The molecule has 1 saturated heterocycles. The highest BCUT2D eigenvalue weighted by molar-refractivity contribution is 9.10. The average Bonchev–Trinajstić information content (AvgIpc) is 3.56. The number of likely N-dealkylation sites (tertiary alicyclic amines) is 1. The van der Waals surface area contributed by atoms with Gasteiger partial charge in [-0.25, -0.2) is 13.6 Å². The topological polar surface area (TPSA) is 38.8 Å². The molecular weight excluding hydrogens is 468 g/mol. The van der Waals surface area contributed by atoms with E-state index in [0.29, 0.717) is 31.0 Å². The molecule has 1 aliphatic carbocycles. The molecule has 0 radical (unpaired) electrons. The lowest BCUT2D eigenvalue weighted by atomic mass is 9.91. The van der Waals surface area contributed by atoms with Crippen LogP contribution in [0.4, 0.5) is 13.6 Å².